The normalized spacial score (nSPS) is 11.9. The van der Waals surface area contributed by atoms with Crippen molar-refractivity contribution in [3.63, 3.8) is 0 Å². The lowest BCUT2D eigenvalue weighted by molar-refractivity contribution is 0.638. The van der Waals surface area contributed by atoms with Crippen LogP contribution in [-0.4, -0.2) is 19.6 Å². The Labute approximate surface area is 98.6 Å². The quantitative estimate of drug-likeness (QED) is 0.881. The maximum Gasteiger partial charge on any atom is 0.0992 e. The van der Waals surface area contributed by atoms with Crippen LogP contribution >= 0.6 is 15.9 Å². The van der Waals surface area contributed by atoms with Gasteiger partial charge in [0.1, 0.15) is 0 Å². The van der Waals surface area contributed by atoms with Crippen molar-refractivity contribution in [3.8, 4) is 6.07 Å². The molecule has 0 aromatic heterocycles. The summed E-state index contributed by atoms with van der Waals surface area (Å²) in [5, 5.41) is 15.2. The van der Waals surface area contributed by atoms with E-state index in [9.17, 15) is 0 Å². The molecule has 4 heteroatoms. The molecule has 15 heavy (non-hydrogen) atoms. The largest absolute Gasteiger partial charge is 0.383 e. The van der Waals surface area contributed by atoms with Crippen LogP contribution in [0.4, 0.5) is 5.69 Å². The summed E-state index contributed by atoms with van der Waals surface area (Å²) in [5.41, 5.74) is 1.67. The fourth-order valence-corrected chi connectivity index (χ4v) is 1.61. The number of halogens is 1. The molecule has 3 nitrogen and oxygen atoms in total. The zero-order valence-corrected chi connectivity index (χ0v) is 10.4. The summed E-state index contributed by atoms with van der Waals surface area (Å²) in [6.07, 6.45) is 0. The highest BCUT2D eigenvalue weighted by Gasteiger charge is 2.02. The fraction of sp³-hybridized carbons (Fsp3) is 0.364. The van der Waals surface area contributed by atoms with Crippen LogP contribution in [-0.2, 0) is 0 Å². The molecular formula is C11H14BrN3. The number of benzene rings is 1. The topological polar surface area (TPSA) is 47.8 Å². The van der Waals surface area contributed by atoms with Crippen LogP contribution in [0.2, 0.25) is 0 Å². The van der Waals surface area contributed by atoms with Crippen LogP contribution in [0, 0.1) is 11.3 Å². The summed E-state index contributed by atoms with van der Waals surface area (Å²) in [4.78, 5) is 0. The molecule has 0 aliphatic carbocycles. The molecule has 80 valence electrons. The van der Waals surface area contributed by atoms with Gasteiger partial charge in [0.2, 0.25) is 0 Å². The first kappa shape index (κ1) is 12.0. The highest BCUT2D eigenvalue weighted by molar-refractivity contribution is 9.10. The second-order valence-corrected chi connectivity index (χ2v) is 4.23. The summed E-state index contributed by atoms with van der Waals surface area (Å²) < 4.78 is 0.921. The zero-order valence-electron chi connectivity index (χ0n) is 8.84. The minimum Gasteiger partial charge on any atom is -0.383 e. The van der Waals surface area contributed by atoms with E-state index in [1.54, 1.807) is 6.07 Å². The highest BCUT2D eigenvalue weighted by Crippen LogP contribution is 2.23. The van der Waals surface area contributed by atoms with Crippen LogP contribution in [0.3, 0.4) is 0 Å². The highest BCUT2D eigenvalue weighted by atomic mass is 79.9. The van der Waals surface area contributed by atoms with Gasteiger partial charge in [0.05, 0.1) is 11.6 Å². The minimum absolute atomic E-state index is 0.410. The number of anilines is 1. The number of rotatable bonds is 4. The Kier molecular flexibility index (Phi) is 4.60. The van der Waals surface area contributed by atoms with Gasteiger partial charge >= 0.3 is 0 Å². The summed E-state index contributed by atoms with van der Waals surface area (Å²) in [7, 11) is 1.93. The van der Waals surface area contributed by atoms with Crippen LogP contribution < -0.4 is 10.6 Å². The first-order valence-electron chi connectivity index (χ1n) is 4.78. The molecule has 0 spiro atoms. The first-order chi connectivity index (χ1) is 7.17. The molecule has 2 N–H and O–H groups in total. The number of hydrogen-bond donors (Lipinski definition) is 2. The van der Waals surface area contributed by atoms with Gasteiger partial charge in [-0.1, -0.05) is 0 Å². The number of likely N-dealkylation sites (N-methyl/N-ethyl adjacent to an activating group) is 1. The van der Waals surface area contributed by atoms with E-state index in [1.807, 2.05) is 19.2 Å². The summed E-state index contributed by atoms with van der Waals surface area (Å²) >= 11 is 3.43. The van der Waals surface area contributed by atoms with Crippen molar-refractivity contribution in [2.24, 2.45) is 0 Å². The second kappa shape index (κ2) is 5.74. The summed E-state index contributed by atoms with van der Waals surface area (Å²) in [6, 6.07) is 8.03. The molecule has 0 bridgehead atoms. The number of nitriles is 1. The zero-order chi connectivity index (χ0) is 11.3. The number of nitrogens with zero attached hydrogens (tertiary/aromatic N) is 1. The lowest BCUT2D eigenvalue weighted by atomic mass is 10.2. The Morgan fingerprint density at radius 1 is 1.53 bits per heavy atom. The molecule has 0 aliphatic heterocycles. The Hall–Kier alpha value is -1.05. The van der Waals surface area contributed by atoms with Gasteiger partial charge in [-0.15, -0.1) is 0 Å². The van der Waals surface area contributed by atoms with Crippen molar-refractivity contribution in [1.29, 1.82) is 5.26 Å². The lowest BCUT2D eigenvalue weighted by Gasteiger charge is -2.13. The van der Waals surface area contributed by atoms with Crippen molar-refractivity contribution in [1.82, 2.24) is 5.32 Å². The molecule has 0 fully saturated rings. The van der Waals surface area contributed by atoms with Gasteiger partial charge in [0, 0.05) is 22.7 Å². The molecule has 0 heterocycles. The van der Waals surface area contributed by atoms with E-state index in [0.29, 0.717) is 11.6 Å². The molecule has 1 aromatic carbocycles. The van der Waals surface area contributed by atoms with Gasteiger partial charge in [-0.2, -0.15) is 5.26 Å². The minimum atomic E-state index is 0.410. The average Bonchev–Trinajstić information content (AvgIpc) is 2.26. The van der Waals surface area contributed by atoms with E-state index in [1.165, 1.54) is 0 Å². The Morgan fingerprint density at radius 3 is 2.80 bits per heavy atom. The van der Waals surface area contributed by atoms with Gasteiger partial charge in [0.15, 0.2) is 0 Å². The van der Waals surface area contributed by atoms with Crippen molar-refractivity contribution in [3.05, 3.63) is 28.2 Å². The van der Waals surface area contributed by atoms with E-state index in [2.05, 4.69) is 39.6 Å². The van der Waals surface area contributed by atoms with Crippen molar-refractivity contribution in [2.75, 3.05) is 18.9 Å². The van der Waals surface area contributed by atoms with Gasteiger partial charge in [-0.3, -0.25) is 0 Å². The van der Waals surface area contributed by atoms with Crippen LogP contribution in [0.1, 0.15) is 12.5 Å². The van der Waals surface area contributed by atoms with E-state index in [0.717, 1.165) is 16.7 Å². The number of nitrogens with one attached hydrogen (secondary N) is 2. The Morgan fingerprint density at radius 2 is 2.27 bits per heavy atom. The Bertz CT molecular complexity index is 371. The molecule has 0 saturated carbocycles. The van der Waals surface area contributed by atoms with Crippen LogP contribution in [0.15, 0.2) is 22.7 Å². The second-order valence-electron chi connectivity index (χ2n) is 3.38. The van der Waals surface area contributed by atoms with Crippen LogP contribution in [0.25, 0.3) is 0 Å². The van der Waals surface area contributed by atoms with E-state index >= 15 is 0 Å². The van der Waals surface area contributed by atoms with Gasteiger partial charge < -0.3 is 10.6 Å². The Balaban J connectivity index is 2.67. The predicted octanol–water partition coefficient (Wildman–Crippen LogP) is 2.34. The van der Waals surface area contributed by atoms with Crippen molar-refractivity contribution >= 4 is 21.6 Å². The molecule has 0 saturated heterocycles. The average molecular weight is 268 g/mol. The number of hydrogen-bond acceptors (Lipinski definition) is 3. The predicted molar refractivity (Wildman–Crippen MR) is 65.9 cm³/mol. The summed E-state index contributed by atoms with van der Waals surface area (Å²) in [5.74, 6) is 0. The van der Waals surface area contributed by atoms with Crippen LogP contribution in [0.5, 0.6) is 0 Å². The smallest absolute Gasteiger partial charge is 0.0992 e. The van der Waals surface area contributed by atoms with E-state index in [4.69, 9.17) is 5.26 Å². The van der Waals surface area contributed by atoms with Gasteiger partial charge in [-0.05, 0) is 48.1 Å². The maximum atomic E-state index is 8.71. The molecule has 1 aromatic rings. The van der Waals surface area contributed by atoms with Gasteiger partial charge in [-0.25, -0.2) is 0 Å². The molecule has 1 unspecified atom stereocenters. The molecule has 1 atom stereocenters. The third-order valence-electron chi connectivity index (χ3n) is 2.19. The first-order valence-corrected chi connectivity index (χ1v) is 5.57. The fourth-order valence-electron chi connectivity index (χ4n) is 1.09. The third kappa shape index (κ3) is 3.54. The summed E-state index contributed by atoms with van der Waals surface area (Å²) in [6.45, 7) is 2.95. The lowest BCUT2D eigenvalue weighted by Crippen LogP contribution is -2.29. The molecule has 0 aliphatic rings. The molecule has 0 amide bonds. The maximum absolute atomic E-state index is 8.71. The third-order valence-corrected chi connectivity index (χ3v) is 2.85. The van der Waals surface area contributed by atoms with E-state index < -0.39 is 0 Å². The molecule has 1 rings (SSSR count). The van der Waals surface area contributed by atoms with Crippen molar-refractivity contribution in [2.45, 2.75) is 13.0 Å². The van der Waals surface area contributed by atoms with Gasteiger partial charge in [0.25, 0.3) is 0 Å². The SMILES string of the molecule is CNC(C)CNc1ccc(C#N)cc1Br. The molecular weight excluding hydrogens is 254 g/mol. The van der Waals surface area contributed by atoms with E-state index in [-0.39, 0.29) is 0 Å². The van der Waals surface area contributed by atoms with Crippen molar-refractivity contribution < 1.29 is 0 Å². The molecule has 0 radical (unpaired) electrons. The standard InChI is InChI=1S/C11H14BrN3/c1-8(14-2)7-15-11-4-3-9(6-13)5-10(11)12/h3-5,8,14-15H,7H2,1-2H3. The monoisotopic (exact) mass is 267 g/mol.